The van der Waals surface area contributed by atoms with E-state index < -0.39 is 6.09 Å². The molecule has 0 unspecified atom stereocenters. The molecule has 126 valence electrons. The van der Waals surface area contributed by atoms with Gasteiger partial charge in [-0.1, -0.05) is 62.6 Å². The minimum Gasteiger partial charge on any atom is -0.465 e. The molecule has 0 aromatic carbocycles. The second kappa shape index (κ2) is 17.5. The molecule has 0 bridgehead atoms. The predicted molar refractivity (Wildman–Crippen MR) is 95.3 cm³/mol. The van der Waals surface area contributed by atoms with Gasteiger partial charge >= 0.3 is 6.09 Å². The maximum atomic E-state index is 10.2. The lowest BCUT2D eigenvalue weighted by Crippen LogP contribution is -2.21. The lowest BCUT2D eigenvalue weighted by Gasteiger charge is -1.99. The van der Waals surface area contributed by atoms with E-state index in [4.69, 9.17) is 5.11 Å². The van der Waals surface area contributed by atoms with Gasteiger partial charge in [0.15, 0.2) is 0 Å². The Bertz CT molecular complexity index is 332. The minimum atomic E-state index is -0.928. The third-order valence-electron chi connectivity index (χ3n) is 3.34. The molecule has 0 aliphatic carbocycles. The normalized spacial score (nSPS) is 11.9. The molecule has 3 nitrogen and oxygen atoms in total. The maximum absolute atomic E-state index is 10.2. The van der Waals surface area contributed by atoms with Gasteiger partial charge in [0.25, 0.3) is 0 Å². The van der Waals surface area contributed by atoms with Crippen molar-refractivity contribution >= 4 is 6.09 Å². The van der Waals surface area contributed by atoms with Gasteiger partial charge in [0.2, 0.25) is 0 Å². The molecule has 0 rings (SSSR count). The molecule has 1 amide bonds. The van der Waals surface area contributed by atoms with E-state index in [1.807, 2.05) is 0 Å². The van der Waals surface area contributed by atoms with E-state index in [9.17, 15) is 4.79 Å². The summed E-state index contributed by atoms with van der Waals surface area (Å²) >= 11 is 0. The van der Waals surface area contributed by atoms with Crippen molar-refractivity contribution in [1.29, 1.82) is 0 Å². The second-order valence-corrected chi connectivity index (χ2v) is 5.46. The minimum absolute atomic E-state index is 0.563. The molecule has 0 spiro atoms. The Balaban J connectivity index is 3.29. The van der Waals surface area contributed by atoms with Crippen LogP contribution in [-0.2, 0) is 0 Å². The Morgan fingerprint density at radius 3 is 1.91 bits per heavy atom. The van der Waals surface area contributed by atoms with Gasteiger partial charge in [-0.2, -0.15) is 0 Å². The Morgan fingerprint density at radius 1 is 0.818 bits per heavy atom. The first-order valence-corrected chi connectivity index (χ1v) is 8.69. The smallest absolute Gasteiger partial charge is 0.404 e. The molecule has 3 heteroatoms. The quantitative estimate of drug-likeness (QED) is 0.313. The lowest BCUT2D eigenvalue weighted by molar-refractivity contribution is 0.194. The summed E-state index contributed by atoms with van der Waals surface area (Å²) in [6, 6.07) is 0. The number of unbranched alkanes of at least 4 members (excludes halogenated alkanes) is 6. The van der Waals surface area contributed by atoms with E-state index in [1.54, 1.807) is 0 Å². The van der Waals surface area contributed by atoms with E-state index >= 15 is 0 Å². The Kier molecular flexibility index (Phi) is 16.3. The van der Waals surface area contributed by atoms with Gasteiger partial charge in [-0.25, -0.2) is 4.79 Å². The summed E-state index contributed by atoms with van der Waals surface area (Å²) in [6.45, 7) is 2.80. The molecule has 2 N–H and O–H groups in total. The molecule has 0 radical (unpaired) electrons. The van der Waals surface area contributed by atoms with Gasteiger partial charge in [-0.15, -0.1) is 0 Å². The third-order valence-corrected chi connectivity index (χ3v) is 3.34. The topological polar surface area (TPSA) is 49.3 Å². The van der Waals surface area contributed by atoms with Gasteiger partial charge in [0.05, 0.1) is 0 Å². The molecule has 0 aliphatic heterocycles. The van der Waals surface area contributed by atoms with Crippen LogP contribution in [0.3, 0.4) is 0 Å². The number of nitrogens with one attached hydrogen (secondary N) is 1. The first-order chi connectivity index (χ1) is 10.8. The van der Waals surface area contributed by atoms with Crippen LogP contribution in [0.15, 0.2) is 36.5 Å². The highest BCUT2D eigenvalue weighted by atomic mass is 16.4. The van der Waals surface area contributed by atoms with Gasteiger partial charge in [-0.05, 0) is 44.9 Å². The average molecular weight is 307 g/mol. The SMILES string of the molecule is CCCCCC=CCC=CCC=CCCCCCNC(=O)O. The summed E-state index contributed by atoms with van der Waals surface area (Å²) in [7, 11) is 0. The van der Waals surface area contributed by atoms with Crippen LogP contribution in [0.4, 0.5) is 4.79 Å². The molecule has 0 aromatic heterocycles. The molecule has 22 heavy (non-hydrogen) atoms. The summed E-state index contributed by atoms with van der Waals surface area (Å²) in [4.78, 5) is 10.2. The van der Waals surface area contributed by atoms with Crippen molar-refractivity contribution in [3.05, 3.63) is 36.5 Å². The lowest BCUT2D eigenvalue weighted by atomic mass is 10.1. The van der Waals surface area contributed by atoms with Crippen LogP contribution in [0.1, 0.15) is 71.1 Å². The molecular formula is C19H33NO2. The van der Waals surface area contributed by atoms with Gasteiger partial charge in [-0.3, -0.25) is 0 Å². The molecule has 0 saturated heterocycles. The van der Waals surface area contributed by atoms with E-state index in [0.29, 0.717) is 6.54 Å². The average Bonchev–Trinajstić information content (AvgIpc) is 2.50. The van der Waals surface area contributed by atoms with Crippen molar-refractivity contribution in [1.82, 2.24) is 5.32 Å². The highest BCUT2D eigenvalue weighted by molar-refractivity contribution is 5.64. The van der Waals surface area contributed by atoms with Crippen LogP contribution < -0.4 is 5.32 Å². The van der Waals surface area contributed by atoms with Crippen molar-refractivity contribution in [3.8, 4) is 0 Å². The number of allylic oxidation sites excluding steroid dienone is 6. The van der Waals surface area contributed by atoms with Crippen molar-refractivity contribution in [3.63, 3.8) is 0 Å². The summed E-state index contributed by atoms with van der Waals surface area (Å²) in [5.74, 6) is 0. The maximum Gasteiger partial charge on any atom is 0.404 e. The third kappa shape index (κ3) is 18.5. The standard InChI is InChI=1S/C19H33NO2/c1-2-3-4-5-6-7-8-9-10-11-12-13-14-15-16-17-18-20-19(21)22/h6-7,9-10,12-13,20H,2-5,8,11,14-18H2,1H3,(H,21,22). The van der Waals surface area contributed by atoms with Crippen molar-refractivity contribution in [2.45, 2.75) is 71.1 Å². The zero-order valence-electron chi connectivity index (χ0n) is 14.1. The highest BCUT2D eigenvalue weighted by Gasteiger charge is 1.92. The molecule has 0 heterocycles. The van der Waals surface area contributed by atoms with Crippen molar-refractivity contribution in [2.75, 3.05) is 6.54 Å². The second-order valence-electron chi connectivity index (χ2n) is 5.46. The van der Waals surface area contributed by atoms with Crippen molar-refractivity contribution in [2.24, 2.45) is 0 Å². The fourth-order valence-corrected chi connectivity index (χ4v) is 2.05. The Labute approximate surface area is 136 Å². The van der Waals surface area contributed by atoms with Gasteiger partial charge in [0, 0.05) is 6.54 Å². The van der Waals surface area contributed by atoms with E-state index in [1.165, 1.54) is 25.7 Å². The first-order valence-electron chi connectivity index (χ1n) is 8.69. The summed E-state index contributed by atoms with van der Waals surface area (Å²) in [6.07, 6.45) is 23.9. The molecule has 0 aliphatic rings. The summed E-state index contributed by atoms with van der Waals surface area (Å²) < 4.78 is 0. The zero-order chi connectivity index (χ0) is 16.3. The van der Waals surface area contributed by atoms with Crippen LogP contribution in [0.2, 0.25) is 0 Å². The monoisotopic (exact) mass is 307 g/mol. The first kappa shape index (κ1) is 20.5. The fraction of sp³-hybridized carbons (Fsp3) is 0.632. The van der Waals surface area contributed by atoms with E-state index in [0.717, 1.165) is 38.5 Å². The largest absolute Gasteiger partial charge is 0.465 e. The zero-order valence-corrected chi connectivity index (χ0v) is 14.1. The molecule has 0 atom stereocenters. The van der Waals surface area contributed by atoms with Crippen LogP contribution in [0, 0.1) is 0 Å². The van der Waals surface area contributed by atoms with Crippen molar-refractivity contribution < 1.29 is 9.90 Å². The van der Waals surface area contributed by atoms with E-state index in [2.05, 4.69) is 48.7 Å². The number of amides is 1. The predicted octanol–water partition coefficient (Wildman–Crippen LogP) is 5.84. The summed E-state index contributed by atoms with van der Waals surface area (Å²) in [5, 5.41) is 10.8. The molecule has 0 aromatic rings. The Hall–Kier alpha value is -1.51. The van der Waals surface area contributed by atoms with Gasteiger partial charge < -0.3 is 10.4 Å². The number of hydrogen-bond donors (Lipinski definition) is 2. The molecule has 0 fully saturated rings. The van der Waals surface area contributed by atoms with E-state index in [-0.39, 0.29) is 0 Å². The Morgan fingerprint density at radius 2 is 1.36 bits per heavy atom. The van der Waals surface area contributed by atoms with Crippen LogP contribution in [0.5, 0.6) is 0 Å². The number of carbonyl (C=O) groups is 1. The molecular weight excluding hydrogens is 274 g/mol. The summed E-state index contributed by atoms with van der Waals surface area (Å²) in [5.41, 5.74) is 0. The van der Waals surface area contributed by atoms with Gasteiger partial charge in [0.1, 0.15) is 0 Å². The number of rotatable bonds is 14. The van der Waals surface area contributed by atoms with Crippen LogP contribution in [0.25, 0.3) is 0 Å². The molecule has 0 saturated carbocycles. The van der Waals surface area contributed by atoms with Crippen LogP contribution >= 0.6 is 0 Å². The highest BCUT2D eigenvalue weighted by Crippen LogP contribution is 2.02. The number of hydrogen-bond acceptors (Lipinski definition) is 1. The number of carboxylic acid groups (broad SMARTS) is 1. The fourth-order valence-electron chi connectivity index (χ4n) is 2.05. The van der Waals surface area contributed by atoms with Crippen LogP contribution in [-0.4, -0.2) is 17.7 Å².